The Morgan fingerprint density at radius 1 is 1.24 bits per heavy atom. The predicted molar refractivity (Wildman–Crippen MR) is 76.2 cm³/mol. The van der Waals surface area contributed by atoms with E-state index in [0.717, 1.165) is 28.4 Å². The molecular formula is C15H15F3N2S. The molecule has 3 unspecified atom stereocenters. The van der Waals surface area contributed by atoms with Crippen LogP contribution >= 0.6 is 11.3 Å². The minimum atomic E-state index is -4.31. The van der Waals surface area contributed by atoms with Crippen LogP contribution in [-0.4, -0.2) is 11.5 Å². The quantitative estimate of drug-likeness (QED) is 0.845. The van der Waals surface area contributed by atoms with Crippen LogP contribution in [-0.2, 0) is 6.18 Å². The van der Waals surface area contributed by atoms with Crippen LogP contribution in [0, 0.1) is 11.8 Å². The molecule has 112 valence electrons. The molecule has 2 heterocycles. The Hall–Kier alpha value is -1.14. The minimum absolute atomic E-state index is 0.226. The number of aromatic nitrogens is 1. The molecule has 1 aromatic carbocycles. The number of hydrogen-bond donors (Lipinski definition) is 1. The molecule has 0 amide bonds. The monoisotopic (exact) mass is 312 g/mol. The molecule has 1 saturated heterocycles. The molecule has 0 spiro atoms. The van der Waals surface area contributed by atoms with Crippen LogP contribution in [0.5, 0.6) is 0 Å². The smallest absolute Gasteiger partial charge is 0.307 e. The molecule has 2 nitrogen and oxygen atoms in total. The van der Waals surface area contributed by atoms with E-state index in [0.29, 0.717) is 17.4 Å². The fraction of sp³-hybridized carbons (Fsp3) is 0.533. The SMILES string of the molecule is FC(F)(F)c1ccc2sc(C3NCC4CCCC43)nc2c1. The van der Waals surface area contributed by atoms with Gasteiger partial charge >= 0.3 is 6.18 Å². The summed E-state index contributed by atoms with van der Waals surface area (Å²) in [7, 11) is 0. The van der Waals surface area contributed by atoms with Crippen LogP contribution in [0.4, 0.5) is 13.2 Å². The summed E-state index contributed by atoms with van der Waals surface area (Å²) in [6.07, 6.45) is -0.583. The van der Waals surface area contributed by atoms with Gasteiger partial charge in [0.2, 0.25) is 0 Å². The molecule has 2 aromatic rings. The molecule has 0 bridgehead atoms. The molecule has 2 fully saturated rings. The summed E-state index contributed by atoms with van der Waals surface area (Å²) in [5.41, 5.74) is -0.155. The van der Waals surface area contributed by atoms with E-state index >= 15 is 0 Å². The van der Waals surface area contributed by atoms with Gasteiger partial charge in [0, 0.05) is 0 Å². The Balaban J connectivity index is 1.71. The third-order valence-corrected chi connectivity index (χ3v) is 5.86. The summed E-state index contributed by atoms with van der Waals surface area (Å²) in [5.74, 6) is 1.32. The molecule has 0 radical (unpaired) electrons. The molecule has 2 aliphatic rings. The summed E-state index contributed by atoms with van der Waals surface area (Å²) in [5, 5.41) is 4.45. The lowest BCUT2D eigenvalue weighted by Crippen LogP contribution is -2.17. The van der Waals surface area contributed by atoms with E-state index in [1.54, 1.807) is 6.07 Å². The number of hydrogen-bond acceptors (Lipinski definition) is 3. The van der Waals surface area contributed by atoms with Crippen molar-refractivity contribution in [3.8, 4) is 0 Å². The molecule has 1 aromatic heterocycles. The van der Waals surface area contributed by atoms with Gasteiger partial charge in [0.15, 0.2) is 0 Å². The van der Waals surface area contributed by atoms with Crippen LogP contribution in [0.3, 0.4) is 0 Å². The fourth-order valence-electron chi connectivity index (χ4n) is 3.71. The van der Waals surface area contributed by atoms with Gasteiger partial charge in [0.1, 0.15) is 5.01 Å². The maximum Gasteiger partial charge on any atom is 0.416 e. The third-order valence-electron chi connectivity index (χ3n) is 4.74. The number of nitrogens with zero attached hydrogens (tertiary/aromatic N) is 1. The highest BCUT2D eigenvalue weighted by molar-refractivity contribution is 7.18. The van der Waals surface area contributed by atoms with Crippen LogP contribution in [0.25, 0.3) is 10.2 Å². The summed E-state index contributed by atoms with van der Waals surface area (Å²) in [6.45, 7) is 1.01. The van der Waals surface area contributed by atoms with E-state index in [9.17, 15) is 13.2 Å². The first-order valence-electron chi connectivity index (χ1n) is 7.23. The van der Waals surface area contributed by atoms with E-state index in [-0.39, 0.29) is 6.04 Å². The Morgan fingerprint density at radius 3 is 2.90 bits per heavy atom. The number of thiazole rings is 1. The average Bonchev–Trinajstić information content (AvgIpc) is 3.10. The third kappa shape index (κ3) is 2.25. The molecule has 6 heteroatoms. The lowest BCUT2D eigenvalue weighted by atomic mass is 9.94. The van der Waals surface area contributed by atoms with Crippen LogP contribution in [0.1, 0.15) is 35.9 Å². The van der Waals surface area contributed by atoms with E-state index in [1.165, 1.54) is 30.6 Å². The molecule has 1 aliphatic carbocycles. The average molecular weight is 312 g/mol. The number of rotatable bonds is 1. The van der Waals surface area contributed by atoms with E-state index < -0.39 is 11.7 Å². The van der Waals surface area contributed by atoms with E-state index in [4.69, 9.17) is 0 Å². The number of fused-ring (bicyclic) bond motifs is 2. The van der Waals surface area contributed by atoms with E-state index in [1.807, 2.05) is 0 Å². The van der Waals surface area contributed by atoms with Gasteiger partial charge in [-0.3, -0.25) is 0 Å². The standard InChI is InChI=1S/C15H15F3N2S/c16-15(17,18)9-4-5-12-11(6-9)20-14(21-12)13-10-3-1-2-8(10)7-19-13/h4-6,8,10,13,19H,1-3,7H2. The van der Waals surface area contributed by atoms with Gasteiger partial charge in [-0.1, -0.05) is 6.42 Å². The number of alkyl halides is 3. The second-order valence-electron chi connectivity index (χ2n) is 5.97. The first-order chi connectivity index (χ1) is 10.0. The summed E-state index contributed by atoms with van der Waals surface area (Å²) in [6, 6.07) is 4.07. The van der Waals surface area contributed by atoms with Gasteiger partial charge in [-0.15, -0.1) is 11.3 Å². The van der Waals surface area contributed by atoms with Crippen molar-refractivity contribution in [1.82, 2.24) is 10.3 Å². The molecule has 3 atom stereocenters. The van der Waals surface area contributed by atoms with Gasteiger partial charge in [-0.05, 0) is 49.4 Å². The summed E-state index contributed by atoms with van der Waals surface area (Å²) >= 11 is 1.52. The van der Waals surface area contributed by atoms with Gasteiger partial charge in [-0.25, -0.2) is 4.98 Å². The molecular weight excluding hydrogens is 297 g/mol. The van der Waals surface area contributed by atoms with Gasteiger partial charge in [0.05, 0.1) is 21.8 Å². The zero-order chi connectivity index (χ0) is 14.6. The second kappa shape index (κ2) is 4.68. The van der Waals surface area contributed by atoms with Gasteiger partial charge < -0.3 is 5.32 Å². The number of halogens is 3. The Bertz CT molecular complexity index is 679. The normalized spacial score (nSPS) is 29.2. The maximum atomic E-state index is 12.8. The highest BCUT2D eigenvalue weighted by atomic mass is 32.1. The van der Waals surface area contributed by atoms with E-state index in [2.05, 4.69) is 10.3 Å². The Kier molecular flexibility index (Phi) is 3.01. The highest BCUT2D eigenvalue weighted by Gasteiger charge is 2.41. The zero-order valence-corrected chi connectivity index (χ0v) is 12.1. The molecule has 1 aliphatic heterocycles. The van der Waals surface area contributed by atoms with Gasteiger partial charge in [0.25, 0.3) is 0 Å². The van der Waals surface area contributed by atoms with Crippen molar-refractivity contribution >= 4 is 21.6 Å². The van der Waals surface area contributed by atoms with Gasteiger partial charge in [-0.2, -0.15) is 13.2 Å². The van der Waals surface area contributed by atoms with Crippen molar-refractivity contribution in [3.05, 3.63) is 28.8 Å². The fourth-order valence-corrected chi connectivity index (χ4v) is 4.81. The number of nitrogens with one attached hydrogen (secondary N) is 1. The highest BCUT2D eigenvalue weighted by Crippen LogP contribution is 2.46. The van der Waals surface area contributed by atoms with Crippen molar-refractivity contribution in [2.24, 2.45) is 11.8 Å². The summed E-state index contributed by atoms with van der Waals surface area (Å²) in [4.78, 5) is 4.49. The second-order valence-corrected chi connectivity index (χ2v) is 7.04. The van der Waals surface area contributed by atoms with Crippen molar-refractivity contribution in [3.63, 3.8) is 0 Å². The van der Waals surface area contributed by atoms with Crippen molar-refractivity contribution in [2.75, 3.05) is 6.54 Å². The predicted octanol–water partition coefficient (Wildman–Crippen LogP) is 4.38. The molecule has 1 N–H and O–H groups in total. The minimum Gasteiger partial charge on any atom is -0.307 e. The Morgan fingerprint density at radius 2 is 2.10 bits per heavy atom. The zero-order valence-electron chi connectivity index (χ0n) is 11.3. The first kappa shape index (κ1) is 13.5. The Labute approximate surface area is 124 Å². The first-order valence-corrected chi connectivity index (χ1v) is 8.05. The lowest BCUT2D eigenvalue weighted by Gasteiger charge is -2.14. The topological polar surface area (TPSA) is 24.9 Å². The molecule has 1 saturated carbocycles. The van der Waals surface area contributed by atoms with Crippen LogP contribution in [0.15, 0.2) is 18.2 Å². The van der Waals surface area contributed by atoms with Crippen molar-refractivity contribution in [1.29, 1.82) is 0 Å². The maximum absolute atomic E-state index is 12.8. The lowest BCUT2D eigenvalue weighted by molar-refractivity contribution is -0.137. The van der Waals surface area contributed by atoms with Crippen LogP contribution in [0.2, 0.25) is 0 Å². The molecule has 21 heavy (non-hydrogen) atoms. The molecule has 4 rings (SSSR count). The van der Waals surface area contributed by atoms with Crippen molar-refractivity contribution < 1.29 is 13.2 Å². The summed E-state index contributed by atoms with van der Waals surface area (Å²) < 4.78 is 39.1. The van der Waals surface area contributed by atoms with Crippen LogP contribution < -0.4 is 5.32 Å². The van der Waals surface area contributed by atoms with Crippen molar-refractivity contribution in [2.45, 2.75) is 31.5 Å². The largest absolute Gasteiger partial charge is 0.416 e. The number of benzene rings is 1.